The summed E-state index contributed by atoms with van der Waals surface area (Å²) in [5, 5.41) is 5.33. The van der Waals surface area contributed by atoms with Gasteiger partial charge < -0.3 is 15.4 Å². The van der Waals surface area contributed by atoms with Gasteiger partial charge in [0.05, 0.1) is 35.4 Å². The average Bonchev–Trinajstić information content (AvgIpc) is 2.67. The van der Waals surface area contributed by atoms with Gasteiger partial charge in [0.2, 0.25) is 5.91 Å². The largest absolute Gasteiger partial charge is 0.379 e. The number of hydrogen-bond donors (Lipinski definition) is 2. The van der Waals surface area contributed by atoms with Gasteiger partial charge in [-0.15, -0.1) is 0 Å². The van der Waals surface area contributed by atoms with Crippen molar-refractivity contribution in [2.75, 3.05) is 43.5 Å². The van der Waals surface area contributed by atoms with Gasteiger partial charge in [-0.3, -0.25) is 14.5 Å². The fourth-order valence-corrected chi connectivity index (χ4v) is 3.16. The summed E-state index contributed by atoms with van der Waals surface area (Å²) >= 11 is 11.6. The van der Waals surface area contributed by atoms with Crippen LogP contribution in [0.1, 0.15) is 10.4 Å². The third kappa shape index (κ3) is 5.42. The molecule has 0 bridgehead atoms. The van der Waals surface area contributed by atoms with Crippen LogP contribution in [0.25, 0.3) is 0 Å². The summed E-state index contributed by atoms with van der Waals surface area (Å²) in [6.45, 7) is 3.01. The highest BCUT2D eigenvalue weighted by atomic mass is 35.5. The average molecular weight is 426 g/mol. The monoisotopic (exact) mass is 425 g/mol. The zero-order valence-corrected chi connectivity index (χ0v) is 16.3. The molecule has 1 saturated heterocycles. The molecule has 9 heteroatoms. The van der Waals surface area contributed by atoms with Crippen LogP contribution in [0.15, 0.2) is 36.4 Å². The molecule has 0 atom stereocenters. The normalized spacial score (nSPS) is 14.5. The summed E-state index contributed by atoms with van der Waals surface area (Å²) < 4.78 is 18.8. The summed E-state index contributed by atoms with van der Waals surface area (Å²) in [6.07, 6.45) is 0. The molecule has 2 aromatic rings. The lowest BCUT2D eigenvalue weighted by Gasteiger charge is -2.25. The zero-order valence-electron chi connectivity index (χ0n) is 14.8. The van der Waals surface area contributed by atoms with E-state index in [2.05, 4.69) is 10.6 Å². The van der Waals surface area contributed by atoms with Crippen molar-refractivity contribution >= 4 is 46.4 Å². The second-order valence-electron chi connectivity index (χ2n) is 6.21. The summed E-state index contributed by atoms with van der Waals surface area (Å²) in [7, 11) is 0. The molecule has 2 amide bonds. The molecule has 148 valence electrons. The number of amides is 2. The Morgan fingerprint density at radius 2 is 1.61 bits per heavy atom. The lowest BCUT2D eigenvalue weighted by molar-refractivity contribution is -0.118. The number of carbonyl (C=O) groups is 2. The molecule has 3 rings (SSSR count). The minimum Gasteiger partial charge on any atom is -0.379 e. The van der Waals surface area contributed by atoms with E-state index in [0.717, 1.165) is 19.2 Å². The van der Waals surface area contributed by atoms with Gasteiger partial charge >= 0.3 is 0 Å². The lowest BCUT2D eigenvalue weighted by atomic mass is 10.2. The van der Waals surface area contributed by atoms with Crippen LogP contribution >= 0.6 is 23.2 Å². The van der Waals surface area contributed by atoms with Crippen molar-refractivity contribution in [2.45, 2.75) is 0 Å². The second kappa shape index (κ2) is 9.34. The molecule has 0 saturated carbocycles. The SMILES string of the molecule is O=C(CN1CCOCC1)Nc1ccc(NC(=O)c2cc(F)c(Cl)cc2Cl)cc1. The first kappa shape index (κ1) is 20.5. The van der Waals surface area contributed by atoms with Crippen molar-refractivity contribution in [3.05, 3.63) is 57.8 Å². The van der Waals surface area contributed by atoms with Gasteiger partial charge in [-0.05, 0) is 36.4 Å². The quantitative estimate of drug-likeness (QED) is 0.717. The van der Waals surface area contributed by atoms with Crippen LogP contribution in [0.4, 0.5) is 15.8 Å². The van der Waals surface area contributed by atoms with Crippen LogP contribution in [0, 0.1) is 5.82 Å². The van der Waals surface area contributed by atoms with Crippen molar-refractivity contribution in [1.82, 2.24) is 4.90 Å². The second-order valence-corrected chi connectivity index (χ2v) is 7.03. The molecule has 1 aliphatic rings. The molecule has 0 spiro atoms. The molecule has 2 N–H and O–H groups in total. The van der Waals surface area contributed by atoms with E-state index in [1.54, 1.807) is 24.3 Å². The number of anilines is 2. The van der Waals surface area contributed by atoms with Crippen molar-refractivity contribution < 1.29 is 18.7 Å². The third-order valence-corrected chi connectivity index (χ3v) is 4.75. The van der Waals surface area contributed by atoms with Gasteiger partial charge in [-0.25, -0.2) is 4.39 Å². The highest BCUT2D eigenvalue weighted by Gasteiger charge is 2.16. The topological polar surface area (TPSA) is 70.7 Å². The van der Waals surface area contributed by atoms with Crippen molar-refractivity contribution in [2.24, 2.45) is 0 Å². The van der Waals surface area contributed by atoms with Gasteiger partial charge in [0.15, 0.2) is 0 Å². The van der Waals surface area contributed by atoms with Gasteiger partial charge in [-0.2, -0.15) is 0 Å². The molecule has 0 radical (unpaired) electrons. The highest BCUT2D eigenvalue weighted by molar-refractivity contribution is 6.37. The number of ether oxygens (including phenoxy) is 1. The molecule has 1 heterocycles. The number of halogens is 3. The predicted octanol–water partition coefficient (Wildman–Crippen LogP) is 3.66. The molecule has 28 heavy (non-hydrogen) atoms. The van der Waals surface area contributed by atoms with E-state index in [1.807, 2.05) is 4.90 Å². The van der Waals surface area contributed by atoms with Crippen LogP contribution in [0.2, 0.25) is 10.0 Å². The maximum absolute atomic E-state index is 13.6. The van der Waals surface area contributed by atoms with E-state index in [0.29, 0.717) is 31.1 Å². The predicted molar refractivity (Wildman–Crippen MR) is 107 cm³/mol. The Balaban J connectivity index is 1.57. The Labute approximate surface area is 171 Å². The van der Waals surface area contributed by atoms with E-state index < -0.39 is 11.7 Å². The van der Waals surface area contributed by atoms with Gasteiger partial charge in [0.25, 0.3) is 5.91 Å². The summed E-state index contributed by atoms with van der Waals surface area (Å²) in [5.74, 6) is -1.42. The smallest absolute Gasteiger partial charge is 0.257 e. The molecular weight excluding hydrogens is 408 g/mol. The molecule has 6 nitrogen and oxygen atoms in total. The fourth-order valence-electron chi connectivity index (χ4n) is 2.69. The molecule has 2 aromatic carbocycles. The van der Waals surface area contributed by atoms with Crippen LogP contribution in [0.5, 0.6) is 0 Å². The number of nitrogens with zero attached hydrogens (tertiary/aromatic N) is 1. The van der Waals surface area contributed by atoms with Gasteiger partial charge in [0, 0.05) is 24.5 Å². The van der Waals surface area contributed by atoms with Crippen molar-refractivity contribution in [3.8, 4) is 0 Å². The Hall–Kier alpha value is -2.19. The van der Waals surface area contributed by atoms with Gasteiger partial charge in [-0.1, -0.05) is 23.2 Å². The Kier molecular flexibility index (Phi) is 6.85. The van der Waals surface area contributed by atoms with E-state index in [4.69, 9.17) is 27.9 Å². The fraction of sp³-hybridized carbons (Fsp3) is 0.263. The highest BCUT2D eigenvalue weighted by Crippen LogP contribution is 2.25. The molecule has 0 aliphatic carbocycles. The molecule has 1 fully saturated rings. The zero-order chi connectivity index (χ0) is 20.1. The van der Waals surface area contributed by atoms with Crippen LogP contribution in [0.3, 0.4) is 0 Å². The lowest BCUT2D eigenvalue weighted by Crippen LogP contribution is -2.41. The minimum absolute atomic E-state index is 0.0218. The van der Waals surface area contributed by atoms with E-state index >= 15 is 0 Å². The molecule has 0 unspecified atom stereocenters. The number of carbonyl (C=O) groups excluding carboxylic acids is 2. The Bertz CT molecular complexity index is 871. The number of hydrogen-bond acceptors (Lipinski definition) is 4. The number of benzene rings is 2. The minimum atomic E-state index is -0.727. The first-order chi connectivity index (χ1) is 13.4. The maximum atomic E-state index is 13.6. The molecule has 0 aromatic heterocycles. The summed E-state index contributed by atoms with van der Waals surface area (Å²) in [5.41, 5.74) is 1.06. The first-order valence-corrected chi connectivity index (χ1v) is 9.34. The van der Waals surface area contributed by atoms with Crippen LogP contribution in [-0.4, -0.2) is 49.6 Å². The summed E-state index contributed by atoms with van der Waals surface area (Å²) in [6, 6.07) is 8.75. The number of morpholine rings is 1. The number of nitrogens with one attached hydrogen (secondary N) is 2. The third-order valence-electron chi connectivity index (χ3n) is 4.15. The number of rotatable bonds is 5. The summed E-state index contributed by atoms with van der Waals surface area (Å²) in [4.78, 5) is 26.4. The molecular formula is C19H18Cl2FN3O3. The standard InChI is InChI=1S/C19H18Cl2FN3O3/c20-15-10-16(21)17(22)9-14(15)19(27)24-13-3-1-12(2-4-13)23-18(26)11-25-5-7-28-8-6-25/h1-4,9-10H,5-8,11H2,(H,23,26)(H,24,27). The van der Waals surface area contributed by atoms with E-state index in [-0.39, 0.29) is 21.5 Å². The Morgan fingerprint density at radius 3 is 2.25 bits per heavy atom. The first-order valence-electron chi connectivity index (χ1n) is 8.58. The van der Waals surface area contributed by atoms with E-state index in [9.17, 15) is 14.0 Å². The van der Waals surface area contributed by atoms with Crippen molar-refractivity contribution in [3.63, 3.8) is 0 Å². The maximum Gasteiger partial charge on any atom is 0.257 e. The van der Waals surface area contributed by atoms with Crippen LogP contribution in [-0.2, 0) is 9.53 Å². The van der Waals surface area contributed by atoms with Gasteiger partial charge in [0.1, 0.15) is 5.82 Å². The Morgan fingerprint density at radius 1 is 1.00 bits per heavy atom. The van der Waals surface area contributed by atoms with Crippen LogP contribution < -0.4 is 10.6 Å². The molecule has 1 aliphatic heterocycles. The van der Waals surface area contributed by atoms with E-state index in [1.165, 1.54) is 6.07 Å². The van der Waals surface area contributed by atoms with Crippen molar-refractivity contribution in [1.29, 1.82) is 0 Å².